The number of likely N-dealkylation sites (N-methyl/N-ethyl adjacent to an activating group) is 1. The van der Waals surface area contributed by atoms with E-state index in [1.807, 2.05) is 37.2 Å². The number of ether oxygens (including phenoxy) is 2. The fourth-order valence-corrected chi connectivity index (χ4v) is 2.28. The van der Waals surface area contributed by atoms with Gasteiger partial charge in [-0.1, -0.05) is 0 Å². The summed E-state index contributed by atoms with van der Waals surface area (Å²) < 4.78 is 16.1. The fraction of sp³-hybridized carbons (Fsp3) is 0.333. The first kappa shape index (κ1) is 18.4. The molecular formula is C18H21N3O4. The fourth-order valence-electron chi connectivity index (χ4n) is 2.28. The van der Waals surface area contributed by atoms with Gasteiger partial charge in [0, 0.05) is 12.6 Å². The van der Waals surface area contributed by atoms with E-state index in [0.717, 1.165) is 5.76 Å². The highest BCUT2D eigenvalue weighted by Gasteiger charge is 2.18. The van der Waals surface area contributed by atoms with Crippen LogP contribution in [0.5, 0.6) is 11.5 Å². The first-order valence-electron chi connectivity index (χ1n) is 7.72. The van der Waals surface area contributed by atoms with Gasteiger partial charge in [-0.2, -0.15) is 5.26 Å². The van der Waals surface area contributed by atoms with Gasteiger partial charge in [-0.05, 0) is 38.4 Å². The molecule has 0 aliphatic carbocycles. The molecule has 25 heavy (non-hydrogen) atoms. The first-order valence-corrected chi connectivity index (χ1v) is 7.72. The van der Waals surface area contributed by atoms with Crippen LogP contribution in [0.25, 0.3) is 0 Å². The van der Waals surface area contributed by atoms with Gasteiger partial charge in [0.05, 0.1) is 31.0 Å². The van der Waals surface area contributed by atoms with Crippen molar-refractivity contribution in [3.05, 3.63) is 47.9 Å². The van der Waals surface area contributed by atoms with Gasteiger partial charge in [0.15, 0.2) is 18.1 Å². The van der Waals surface area contributed by atoms with E-state index in [2.05, 4.69) is 5.32 Å². The monoisotopic (exact) mass is 343 g/mol. The van der Waals surface area contributed by atoms with Gasteiger partial charge < -0.3 is 19.2 Å². The molecule has 2 rings (SSSR count). The molecule has 0 aliphatic rings. The molecule has 1 amide bonds. The number of methoxy groups -OCH3 is 1. The van der Waals surface area contributed by atoms with Crippen molar-refractivity contribution in [3.8, 4) is 17.6 Å². The number of carbonyl (C=O) groups excluding carboxylic acids is 1. The molecule has 132 valence electrons. The molecule has 0 fully saturated rings. The summed E-state index contributed by atoms with van der Waals surface area (Å²) in [4.78, 5) is 14.0. The van der Waals surface area contributed by atoms with E-state index in [-0.39, 0.29) is 18.6 Å². The van der Waals surface area contributed by atoms with Crippen molar-refractivity contribution in [1.29, 1.82) is 5.26 Å². The second-order valence-corrected chi connectivity index (χ2v) is 5.57. The Hall–Kier alpha value is -2.98. The van der Waals surface area contributed by atoms with E-state index in [1.165, 1.54) is 7.11 Å². The zero-order valence-electron chi connectivity index (χ0n) is 14.5. The van der Waals surface area contributed by atoms with Crippen molar-refractivity contribution in [3.63, 3.8) is 0 Å². The van der Waals surface area contributed by atoms with Gasteiger partial charge in [-0.3, -0.25) is 9.69 Å². The van der Waals surface area contributed by atoms with Crippen LogP contribution in [-0.4, -0.2) is 45.2 Å². The highest BCUT2D eigenvalue weighted by molar-refractivity contribution is 5.77. The zero-order chi connectivity index (χ0) is 18.2. The third-order valence-corrected chi connectivity index (χ3v) is 3.64. The topological polar surface area (TPSA) is 87.7 Å². The van der Waals surface area contributed by atoms with Gasteiger partial charge in [0.25, 0.3) is 5.91 Å². The molecule has 0 bridgehead atoms. The molecule has 7 heteroatoms. The van der Waals surface area contributed by atoms with Crippen molar-refractivity contribution < 1.29 is 18.7 Å². The van der Waals surface area contributed by atoms with Crippen molar-refractivity contribution in [1.82, 2.24) is 10.2 Å². The van der Waals surface area contributed by atoms with Crippen LogP contribution in [-0.2, 0) is 4.79 Å². The molecule has 2 aromatic rings. The standard InChI is InChI=1S/C18H21N3O4/c1-21(2)14(15-5-4-8-24-15)11-20-18(22)12-25-16-7-6-13(10-19)9-17(16)23-3/h4-9,14H,11-12H2,1-3H3,(H,20,22). The number of benzene rings is 1. The Morgan fingerprint density at radius 1 is 1.36 bits per heavy atom. The van der Waals surface area contributed by atoms with Crippen LogP contribution in [0.4, 0.5) is 0 Å². The van der Waals surface area contributed by atoms with Gasteiger partial charge in [0.2, 0.25) is 0 Å². The second kappa shape index (κ2) is 8.76. The number of amides is 1. The highest BCUT2D eigenvalue weighted by Crippen LogP contribution is 2.27. The summed E-state index contributed by atoms with van der Waals surface area (Å²) in [5.74, 6) is 1.34. The molecule has 1 heterocycles. The third-order valence-electron chi connectivity index (χ3n) is 3.64. The van der Waals surface area contributed by atoms with Gasteiger partial charge >= 0.3 is 0 Å². The number of carbonyl (C=O) groups is 1. The molecule has 7 nitrogen and oxygen atoms in total. The SMILES string of the molecule is COc1cc(C#N)ccc1OCC(=O)NCC(c1ccco1)N(C)C. The lowest BCUT2D eigenvalue weighted by Gasteiger charge is -2.22. The molecule has 0 radical (unpaired) electrons. The highest BCUT2D eigenvalue weighted by atomic mass is 16.5. The molecule has 1 atom stereocenters. The van der Waals surface area contributed by atoms with Crippen LogP contribution < -0.4 is 14.8 Å². The molecule has 0 saturated carbocycles. The van der Waals surface area contributed by atoms with E-state index in [9.17, 15) is 4.79 Å². The van der Waals surface area contributed by atoms with E-state index >= 15 is 0 Å². The summed E-state index contributed by atoms with van der Waals surface area (Å²) >= 11 is 0. The van der Waals surface area contributed by atoms with Crippen LogP contribution >= 0.6 is 0 Å². The van der Waals surface area contributed by atoms with Gasteiger partial charge in [0.1, 0.15) is 5.76 Å². The molecule has 0 saturated heterocycles. The Labute approximate surface area is 146 Å². The number of hydrogen-bond acceptors (Lipinski definition) is 6. The number of nitriles is 1. The minimum atomic E-state index is -0.259. The summed E-state index contributed by atoms with van der Waals surface area (Å²) in [5.41, 5.74) is 0.459. The maximum Gasteiger partial charge on any atom is 0.258 e. The lowest BCUT2D eigenvalue weighted by molar-refractivity contribution is -0.123. The number of rotatable bonds is 8. The molecule has 0 spiro atoms. The lowest BCUT2D eigenvalue weighted by Crippen LogP contribution is -2.36. The predicted octanol–water partition coefficient (Wildman–Crippen LogP) is 1.96. The van der Waals surface area contributed by atoms with Crippen molar-refractivity contribution in [2.45, 2.75) is 6.04 Å². The minimum absolute atomic E-state index is 0.0663. The molecule has 1 aromatic carbocycles. The summed E-state index contributed by atoms with van der Waals surface area (Å²) in [6, 6.07) is 10.4. The van der Waals surface area contributed by atoms with E-state index in [1.54, 1.807) is 24.5 Å². The first-order chi connectivity index (χ1) is 12.0. The van der Waals surface area contributed by atoms with Gasteiger partial charge in [-0.15, -0.1) is 0 Å². The quantitative estimate of drug-likeness (QED) is 0.788. The van der Waals surface area contributed by atoms with E-state index in [4.69, 9.17) is 19.2 Å². The van der Waals surface area contributed by atoms with Crippen LogP contribution in [0.15, 0.2) is 41.0 Å². The lowest BCUT2D eigenvalue weighted by atomic mass is 10.2. The third kappa shape index (κ3) is 4.99. The molecule has 0 aliphatic heterocycles. The van der Waals surface area contributed by atoms with Crippen molar-refractivity contribution in [2.75, 3.05) is 34.4 Å². The molecule has 1 unspecified atom stereocenters. The largest absolute Gasteiger partial charge is 0.493 e. The Kier molecular flexibility index (Phi) is 6.43. The second-order valence-electron chi connectivity index (χ2n) is 5.57. The average molecular weight is 343 g/mol. The van der Waals surface area contributed by atoms with Crippen LogP contribution in [0.1, 0.15) is 17.4 Å². The smallest absolute Gasteiger partial charge is 0.258 e. The summed E-state index contributed by atoms with van der Waals surface area (Å²) in [7, 11) is 5.31. The molecule has 1 N–H and O–H groups in total. The molecular weight excluding hydrogens is 322 g/mol. The Morgan fingerprint density at radius 3 is 2.76 bits per heavy atom. The maximum absolute atomic E-state index is 12.1. The number of nitrogens with one attached hydrogen (secondary N) is 1. The number of nitrogens with zero attached hydrogens (tertiary/aromatic N) is 2. The molecule has 1 aromatic heterocycles. The number of furan rings is 1. The van der Waals surface area contributed by atoms with Crippen molar-refractivity contribution >= 4 is 5.91 Å². The van der Waals surface area contributed by atoms with Crippen LogP contribution in [0, 0.1) is 11.3 Å². The minimum Gasteiger partial charge on any atom is -0.493 e. The normalized spacial score (nSPS) is 11.6. The Bertz CT molecular complexity index is 735. The van der Waals surface area contributed by atoms with Gasteiger partial charge in [-0.25, -0.2) is 0 Å². The van der Waals surface area contributed by atoms with Crippen LogP contribution in [0.3, 0.4) is 0 Å². The Morgan fingerprint density at radius 2 is 2.16 bits per heavy atom. The number of hydrogen-bond donors (Lipinski definition) is 1. The summed E-state index contributed by atoms with van der Waals surface area (Å²) in [6.45, 7) is 0.244. The zero-order valence-corrected chi connectivity index (χ0v) is 14.5. The van der Waals surface area contributed by atoms with E-state index < -0.39 is 0 Å². The summed E-state index contributed by atoms with van der Waals surface area (Å²) in [6.07, 6.45) is 1.61. The maximum atomic E-state index is 12.1. The summed E-state index contributed by atoms with van der Waals surface area (Å²) in [5, 5.41) is 11.7. The average Bonchev–Trinajstić information content (AvgIpc) is 3.13. The predicted molar refractivity (Wildman–Crippen MR) is 91.3 cm³/mol. The Balaban J connectivity index is 1.89. The van der Waals surface area contributed by atoms with Crippen molar-refractivity contribution in [2.24, 2.45) is 0 Å². The van der Waals surface area contributed by atoms with E-state index in [0.29, 0.717) is 23.6 Å². The van der Waals surface area contributed by atoms with Crippen LogP contribution in [0.2, 0.25) is 0 Å².